The lowest BCUT2D eigenvalue weighted by Gasteiger charge is -2.45. The summed E-state index contributed by atoms with van der Waals surface area (Å²) in [5.41, 5.74) is 1.07. The van der Waals surface area contributed by atoms with Crippen molar-refractivity contribution in [3.63, 3.8) is 0 Å². The molecule has 5 nitrogen and oxygen atoms in total. The SMILES string of the molecule is CC(C)c1cc(CN(C)[C@H]2CCOC3(CCOCC3)C2)no1. The van der Waals surface area contributed by atoms with Crippen LogP contribution in [0, 0.1) is 0 Å². The predicted octanol–water partition coefficient (Wildman–Crippen LogP) is 2.96. The van der Waals surface area contributed by atoms with Crippen molar-refractivity contribution >= 4 is 0 Å². The third-order valence-electron chi connectivity index (χ3n) is 5.05. The molecule has 1 spiro atoms. The fourth-order valence-electron chi connectivity index (χ4n) is 3.53. The quantitative estimate of drug-likeness (QED) is 0.856. The standard InChI is InChI=1S/C17H28N2O3/c1-13(2)16-10-14(18-22-16)12-19(3)15-4-7-21-17(11-15)5-8-20-9-6-17/h10,13,15H,4-9,11-12H2,1-3H3/t15-/m0/s1. The minimum absolute atomic E-state index is 0.0440. The third-order valence-corrected chi connectivity index (χ3v) is 5.05. The first-order chi connectivity index (χ1) is 10.6. The lowest BCUT2D eigenvalue weighted by atomic mass is 9.83. The number of ether oxygens (including phenoxy) is 2. The summed E-state index contributed by atoms with van der Waals surface area (Å²) in [4.78, 5) is 2.40. The van der Waals surface area contributed by atoms with Gasteiger partial charge >= 0.3 is 0 Å². The maximum Gasteiger partial charge on any atom is 0.139 e. The monoisotopic (exact) mass is 308 g/mol. The lowest BCUT2D eigenvalue weighted by molar-refractivity contribution is -0.150. The van der Waals surface area contributed by atoms with Gasteiger partial charge in [0.15, 0.2) is 0 Å². The van der Waals surface area contributed by atoms with Gasteiger partial charge in [0.2, 0.25) is 0 Å². The normalized spacial score (nSPS) is 25.2. The van der Waals surface area contributed by atoms with Gasteiger partial charge in [0.25, 0.3) is 0 Å². The van der Waals surface area contributed by atoms with Crippen LogP contribution in [-0.2, 0) is 16.0 Å². The lowest BCUT2D eigenvalue weighted by Crippen LogP contribution is -2.50. The van der Waals surface area contributed by atoms with Crippen molar-refractivity contribution in [3.8, 4) is 0 Å². The van der Waals surface area contributed by atoms with Gasteiger partial charge in [0.05, 0.1) is 11.3 Å². The van der Waals surface area contributed by atoms with Crippen LogP contribution < -0.4 is 0 Å². The molecule has 2 fully saturated rings. The van der Waals surface area contributed by atoms with Gasteiger partial charge in [-0.2, -0.15) is 0 Å². The fourth-order valence-corrected chi connectivity index (χ4v) is 3.53. The molecule has 0 unspecified atom stereocenters. The summed E-state index contributed by atoms with van der Waals surface area (Å²) in [6.45, 7) is 7.61. The molecule has 0 radical (unpaired) electrons. The average Bonchev–Trinajstić information content (AvgIpc) is 2.97. The maximum absolute atomic E-state index is 6.13. The van der Waals surface area contributed by atoms with Crippen molar-refractivity contribution in [1.29, 1.82) is 0 Å². The molecule has 3 rings (SSSR count). The topological polar surface area (TPSA) is 47.7 Å². The Morgan fingerprint density at radius 1 is 1.32 bits per heavy atom. The minimum atomic E-state index is 0.0440. The van der Waals surface area contributed by atoms with Gasteiger partial charge in [-0.1, -0.05) is 19.0 Å². The molecule has 0 aromatic carbocycles. The molecule has 0 aliphatic carbocycles. The molecule has 1 atom stereocenters. The van der Waals surface area contributed by atoms with E-state index < -0.39 is 0 Å². The second-order valence-corrected chi connectivity index (χ2v) is 7.08. The molecule has 22 heavy (non-hydrogen) atoms. The molecule has 0 bridgehead atoms. The smallest absolute Gasteiger partial charge is 0.139 e. The van der Waals surface area contributed by atoms with E-state index in [9.17, 15) is 0 Å². The highest BCUT2D eigenvalue weighted by atomic mass is 16.5. The van der Waals surface area contributed by atoms with Gasteiger partial charge in [-0.15, -0.1) is 0 Å². The number of hydrogen-bond donors (Lipinski definition) is 0. The Balaban J connectivity index is 1.60. The van der Waals surface area contributed by atoms with Crippen LogP contribution >= 0.6 is 0 Å². The summed E-state index contributed by atoms with van der Waals surface area (Å²) in [6.07, 6.45) is 4.24. The third kappa shape index (κ3) is 3.53. The molecular weight excluding hydrogens is 280 g/mol. The molecule has 5 heteroatoms. The van der Waals surface area contributed by atoms with E-state index >= 15 is 0 Å². The highest BCUT2D eigenvalue weighted by molar-refractivity contribution is 5.08. The van der Waals surface area contributed by atoms with Gasteiger partial charge in [-0.3, -0.25) is 4.90 Å². The Hall–Kier alpha value is -0.910. The average molecular weight is 308 g/mol. The Morgan fingerprint density at radius 2 is 2.09 bits per heavy atom. The van der Waals surface area contributed by atoms with Crippen LogP contribution in [0.5, 0.6) is 0 Å². The zero-order valence-electron chi connectivity index (χ0n) is 14.0. The first kappa shape index (κ1) is 16.0. The number of rotatable bonds is 4. The predicted molar refractivity (Wildman–Crippen MR) is 83.8 cm³/mol. The van der Waals surface area contributed by atoms with Gasteiger partial charge in [0.1, 0.15) is 5.76 Å². The van der Waals surface area contributed by atoms with Gasteiger partial charge in [-0.05, 0) is 32.7 Å². The van der Waals surface area contributed by atoms with E-state index in [0.717, 1.165) is 63.5 Å². The van der Waals surface area contributed by atoms with Crippen molar-refractivity contribution < 1.29 is 14.0 Å². The minimum Gasteiger partial charge on any atom is -0.381 e. The summed E-state index contributed by atoms with van der Waals surface area (Å²) >= 11 is 0. The summed E-state index contributed by atoms with van der Waals surface area (Å²) < 4.78 is 17.0. The van der Waals surface area contributed by atoms with Gasteiger partial charge < -0.3 is 14.0 Å². The Bertz CT molecular complexity index is 474. The van der Waals surface area contributed by atoms with E-state index in [-0.39, 0.29) is 5.60 Å². The van der Waals surface area contributed by atoms with Crippen LogP contribution in [-0.4, -0.2) is 48.6 Å². The zero-order valence-corrected chi connectivity index (χ0v) is 14.0. The first-order valence-electron chi connectivity index (χ1n) is 8.45. The molecule has 0 amide bonds. The molecule has 2 aliphatic rings. The van der Waals surface area contributed by atoms with Crippen molar-refractivity contribution in [2.24, 2.45) is 0 Å². The number of aromatic nitrogens is 1. The van der Waals surface area contributed by atoms with E-state index in [0.29, 0.717) is 12.0 Å². The van der Waals surface area contributed by atoms with Crippen LogP contribution in [0.15, 0.2) is 10.6 Å². The van der Waals surface area contributed by atoms with Crippen molar-refractivity contribution in [1.82, 2.24) is 10.1 Å². The van der Waals surface area contributed by atoms with Crippen molar-refractivity contribution in [2.45, 2.75) is 63.6 Å². The van der Waals surface area contributed by atoms with Crippen LogP contribution in [0.25, 0.3) is 0 Å². The number of nitrogens with zero attached hydrogens (tertiary/aromatic N) is 2. The van der Waals surface area contributed by atoms with Crippen LogP contribution in [0.4, 0.5) is 0 Å². The van der Waals surface area contributed by atoms with Gasteiger partial charge in [0, 0.05) is 44.4 Å². The summed E-state index contributed by atoms with van der Waals surface area (Å²) in [6, 6.07) is 2.64. The van der Waals surface area contributed by atoms with Crippen LogP contribution in [0.3, 0.4) is 0 Å². The molecule has 0 N–H and O–H groups in total. The van der Waals surface area contributed by atoms with E-state index in [1.54, 1.807) is 0 Å². The molecule has 2 aliphatic heterocycles. The number of hydrogen-bond acceptors (Lipinski definition) is 5. The Kier molecular flexibility index (Phi) is 4.85. The molecular formula is C17H28N2O3. The highest BCUT2D eigenvalue weighted by Crippen LogP contribution is 2.36. The van der Waals surface area contributed by atoms with Gasteiger partial charge in [-0.25, -0.2) is 0 Å². The molecule has 3 heterocycles. The second kappa shape index (κ2) is 6.69. The Labute approximate surface area is 132 Å². The summed E-state index contributed by atoms with van der Waals surface area (Å²) in [7, 11) is 2.19. The summed E-state index contributed by atoms with van der Waals surface area (Å²) in [5.74, 6) is 1.36. The van der Waals surface area contributed by atoms with E-state index in [2.05, 4.69) is 37.0 Å². The van der Waals surface area contributed by atoms with E-state index in [1.165, 1.54) is 0 Å². The van der Waals surface area contributed by atoms with Crippen LogP contribution in [0.2, 0.25) is 0 Å². The molecule has 1 aromatic heterocycles. The fraction of sp³-hybridized carbons (Fsp3) is 0.824. The largest absolute Gasteiger partial charge is 0.381 e. The summed E-state index contributed by atoms with van der Waals surface area (Å²) in [5, 5.41) is 4.21. The first-order valence-corrected chi connectivity index (χ1v) is 8.45. The highest BCUT2D eigenvalue weighted by Gasteiger charge is 2.40. The molecule has 0 saturated carbocycles. The van der Waals surface area contributed by atoms with E-state index in [1.807, 2.05) is 0 Å². The maximum atomic E-state index is 6.13. The van der Waals surface area contributed by atoms with Crippen LogP contribution in [0.1, 0.15) is 56.9 Å². The van der Waals surface area contributed by atoms with Crippen molar-refractivity contribution in [3.05, 3.63) is 17.5 Å². The van der Waals surface area contributed by atoms with E-state index in [4.69, 9.17) is 14.0 Å². The zero-order chi connectivity index (χ0) is 15.6. The molecule has 124 valence electrons. The molecule has 2 saturated heterocycles. The second-order valence-electron chi connectivity index (χ2n) is 7.08. The van der Waals surface area contributed by atoms with Crippen molar-refractivity contribution in [2.75, 3.05) is 26.9 Å². The molecule has 1 aromatic rings. The Morgan fingerprint density at radius 3 is 2.77 bits per heavy atom.